The Morgan fingerprint density at radius 1 is 2.00 bits per heavy atom. The lowest BCUT2D eigenvalue weighted by Crippen LogP contribution is -2.01. The first-order chi connectivity index (χ1) is 2.81. The van der Waals surface area contributed by atoms with Gasteiger partial charge < -0.3 is 9.73 Å². The molecule has 0 rings (SSSR count). The molecule has 0 heterocycles. The van der Waals surface area contributed by atoms with E-state index in [1.807, 2.05) is 0 Å². The summed E-state index contributed by atoms with van der Waals surface area (Å²) in [4.78, 5) is 0. The fraction of sp³-hybridized carbons (Fsp3) is 0. The first-order valence-corrected chi connectivity index (χ1v) is 1.44. The Hall–Kier alpha value is -0.783. The van der Waals surface area contributed by atoms with E-state index in [2.05, 4.69) is 26.1 Å². The van der Waals surface area contributed by atoms with E-state index in [0.717, 1.165) is 0 Å². The number of hydrogen-bond acceptors (Lipinski definition) is 3. The largest absolute Gasteiger partial charge is 0.497 e. The van der Waals surface area contributed by atoms with Gasteiger partial charge >= 0.3 is 0 Å². The van der Waals surface area contributed by atoms with Gasteiger partial charge in [-0.2, -0.15) is 5.84 Å². The first kappa shape index (κ1) is 5.22. The van der Waals surface area contributed by atoms with Gasteiger partial charge in [0.05, 0.1) is 5.02 Å². The highest BCUT2D eigenvalue weighted by atomic mass is 28.2. The van der Waals surface area contributed by atoms with Crippen LogP contribution in [0.2, 0.25) is 0 Å². The van der Waals surface area contributed by atoms with Gasteiger partial charge in [-0.25, -0.2) is 0 Å². The Kier molecular flexibility index (Phi) is 2.13. The molecule has 0 atom stereocenters. The second-order valence-electron chi connectivity index (χ2n) is 0.445. The summed E-state index contributed by atoms with van der Waals surface area (Å²) in [5.74, 6) is 4.36. The van der Waals surface area contributed by atoms with Gasteiger partial charge in [-0.1, -0.05) is 0 Å². The summed E-state index contributed by atoms with van der Waals surface area (Å²) in [7, 11) is 2.36. The zero-order chi connectivity index (χ0) is 4.99. The van der Waals surface area contributed by atoms with E-state index in [-0.39, 0.29) is 5.02 Å². The van der Waals surface area contributed by atoms with Crippen LogP contribution >= 0.6 is 0 Å². The molecular formula is H2N3O2Si. The van der Waals surface area contributed by atoms with Gasteiger partial charge in [-0.15, -0.1) is 0 Å². The Morgan fingerprint density at radius 3 is 2.50 bits per heavy atom. The summed E-state index contributed by atoms with van der Waals surface area (Å²) in [5.41, 5.74) is 0. The molecule has 2 N–H and O–H groups in total. The third-order valence-corrected chi connectivity index (χ3v) is 0.329. The summed E-state index contributed by atoms with van der Waals surface area (Å²) in [6.07, 6.45) is 0. The van der Waals surface area contributed by atoms with Crippen LogP contribution in [0.4, 0.5) is 0 Å². The lowest BCUT2D eigenvalue weighted by Gasteiger charge is -1.94. The highest BCUT2D eigenvalue weighted by Gasteiger charge is 1.69. The molecule has 0 amide bonds. The van der Waals surface area contributed by atoms with Crippen molar-refractivity contribution in [2.45, 2.75) is 0 Å². The van der Waals surface area contributed by atoms with Gasteiger partial charge in [0, 0.05) is 0 Å². The number of hydrogen-bond donors (Lipinski definition) is 1. The minimum absolute atomic E-state index is 0.184. The van der Waals surface area contributed by atoms with Crippen LogP contribution in [0.1, 0.15) is 0 Å². The Morgan fingerprint density at radius 2 is 2.50 bits per heavy atom. The minimum Gasteiger partial charge on any atom is -0.497 e. The summed E-state index contributed by atoms with van der Waals surface area (Å²) >= 11 is 0. The quantitative estimate of drug-likeness (QED) is 0.197. The molecule has 0 aliphatic rings. The maximum atomic E-state index is 9.53. The Labute approximate surface area is 37.5 Å². The molecule has 3 radical (unpaired) electrons. The van der Waals surface area contributed by atoms with Crippen molar-refractivity contribution in [2.75, 3.05) is 0 Å². The highest BCUT2D eigenvalue weighted by molar-refractivity contribution is 5.97. The van der Waals surface area contributed by atoms with Crippen molar-refractivity contribution in [1.29, 1.82) is 0 Å². The van der Waals surface area contributed by atoms with E-state index in [1.165, 1.54) is 0 Å². The van der Waals surface area contributed by atoms with Crippen LogP contribution in [0.15, 0.2) is 5.22 Å². The second kappa shape index (κ2) is 2.45. The number of rotatable bonds is 1. The molecule has 0 aliphatic heterocycles. The molecular weight excluding hydrogens is 102 g/mol. The number of nitrogens with zero attached hydrogens (tertiary/aromatic N) is 2. The predicted octanol–water partition coefficient (Wildman–Crippen LogP) is -1.16. The van der Waals surface area contributed by atoms with Crippen LogP contribution in [-0.2, 0) is 4.53 Å². The zero-order valence-electron chi connectivity index (χ0n) is 2.79. The summed E-state index contributed by atoms with van der Waals surface area (Å²) in [6, 6.07) is 0. The normalized spacial score (nSPS) is 11.2. The molecule has 0 aromatic carbocycles. The molecule has 6 heavy (non-hydrogen) atoms. The van der Waals surface area contributed by atoms with E-state index in [0.29, 0.717) is 0 Å². The number of nitrogens with two attached hydrogens (primary N) is 1. The standard InChI is InChI=1S/H2N3O2Si/c1-2-3(4)5-6/h1H2. The van der Waals surface area contributed by atoms with E-state index in [1.54, 1.807) is 0 Å². The monoisotopic (exact) mass is 104 g/mol. The lowest BCUT2D eigenvalue weighted by atomic mass is 12.6. The topological polar surface area (TPSA) is 73.7 Å². The van der Waals surface area contributed by atoms with Crippen molar-refractivity contribution in [3.05, 3.63) is 5.21 Å². The van der Waals surface area contributed by atoms with Crippen molar-refractivity contribution in [1.82, 2.24) is 0 Å². The SMILES string of the molecule is NN=[N+]([O-])O[Si]. The van der Waals surface area contributed by atoms with Gasteiger partial charge in [-0.05, 0) is 0 Å². The highest BCUT2D eigenvalue weighted by Crippen LogP contribution is 1.62. The van der Waals surface area contributed by atoms with E-state index in [9.17, 15) is 5.21 Å². The molecule has 0 aliphatic carbocycles. The third-order valence-electron chi connectivity index (χ3n) is 0.172. The molecule has 0 aromatic heterocycles. The molecule has 0 unspecified atom stereocenters. The van der Waals surface area contributed by atoms with Crippen LogP contribution in [0.3, 0.4) is 0 Å². The van der Waals surface area contributed by atoms with Gasteiger partial charge in [0.25, 0.3) is 0 Å². The van der Waals surface area contributed by atoms with Crippen LogP contribution in [-0.4, -0.2) is 15.5 Å². The Bertz CT molecular complexity index is 59.8. The molecule has 0 bridgehead atoms. The molecule has 0 spiro atoms. The molecule has 0 saturated carbocycles. The third kappa shape index (κ3) is 1.53. The van der Waals surface area contributed by atoms with E-state index in [4.69, 9.17) is 0 Å². The molecule has 0 saturated heterocycles. The van der Waals surface area contributed by atoms with Gasteiger partial charge in [0.15, 0.2) is 10.5 Å². The second-order valence-corrected chi connectivity index (χ2v) is 0.627. The summed E-state index contributed by atoms with van der Waals surface area (Å²) in [5, 5.41) is 11.9. The molecule has 5 nitrogen and oxygen atoms in total. The van der Waals surface area contributed by atoms with Crippen LogP contribution in [0.5, 0.6) is 0 Å². The average Bonchev–Trinajstić information content (AvgIpc) is 1.65. The molecule has 0 aromatic rings. The van der Waals surface area contributed by atoms with Crippen LogP contribution in [0, 0.1) is 5.21 Å². The lowest BCUT2D eigenvalue weighted by molar-refractivity contribution is -0.751. The van der Waals surface area contributed by atoms with Crippen LogP contribution < -0.4 is 5.84 Å². The first-order valence-electron chi connectivity index (χ1n) is 1.03. The summed E-state index contributed by atoms with van der Waals surface area (Å²) < 4.78 is 3.69. The molecule has 0 fully saturated rings. The van der Waals surface area contributed by atoms with E-state index >= 15 is 0 Å². The minimum atomic E-state index is -0.184. The maximum Gasteiger partial charge on any atom is 0.185 e. The zero-order valence-corrected chi connectivity index (χ0v) is 3.79. The van der Waals surface area contributed by atoms with Crippen molar-refractivity contribution >= 4 is 10.5 Å². The van der Waals surface area contributed by atoms with Gasteiger partial charge in [0.1, 0.15) is 5.22 Å². The van der Waals surface area contributed by atoms with Crippen molar-refractivity contribution in [3.63, 3.8) is 0 Å². The predicted molar refractivity (Wildman–Crippen MR) is 17.1 cm³/mol. The average molecular weight is 104 g/mol. The molecule has 33 valence electrons. The maximum absolute atomic E-state index is 9.53. The fourth-order valence-corrected chi connectivity index (χ4v) is 0.0707. The van der Waals surface area contributed by atoms with Crippen LogP contribution in [0.25, 0.3) is 0 Å². The van der Waals surface area contributed by atoms with Crippen molar-refractivity contribution < 1.29 is 9.55 Å². The Balaban J connectivity index is 3.22. The smallest absolute Gasteiger partial charge is 0.185 e. The van der Waals surface area contributed by atoms with Crippen molar-refractivity contribution in [2.24, 2.45) is 11.1 Å². The van der Waals surface area contributed by atoms with Crippen molar-refractivity contribution in [3.8, 4) is 0 Å². The van der Waals surface area contributed by atoms with Gasteiger partial charge in [-0.3, -0.25) is 0 Å². The molecule has 6 heteroatoms. The van der Waals surface area contributed by atoms with Gasteiger partial charge in [0.2, 0.25) is 0 Å². The fourth-order valence-electron chi connectivity index (χ4n) is 0.0236. The summed E-state index contributed by atoms with van der Waals surface area (Å²) in [6.45, 7) is 0. The van der Waals surface area contributed by atoms with E-state index < -0.39 is 0 Å².